The van der Waals surface area contributed by atoms with Crippen molar-refractivity contribution < 1.29 is 0 Å². The molecule has 2 N–H and O–H groups in total. The predicted molar refractivity (Wildman–Crippen MR) is 54.7 cm³/mol. The molecule has 0 amide bonds. The number of hydrazine groups is 1. The van der Waals surface area contributed by atoms with Crippen molar-refractivity contribution in [2.45, 2.75) is 46.5 Å². The zero-order valence-corrected chi connectivity index (χ0v) is 8.84. The summed E-state index contributed by atoms with van der Waals surface area (Å²) in [5, 5.41) is 1.95. The van der Waals surface area contributed by atoms with Crippen molar-refractivity contribution in [1.29, 1.82) is 0 Å². The van der Waals surface area contributed by atoms with Crippen molar-refractivity contribution in [1.82, 2.24) is 5.01 Å². The van der Waals surface area contributed by atoms with Gasteiger partial charge in [0.25, 0.3) is 0 Å². The summed E-state index contributed by atoms with van der Waals surface area (Å²) in [5.41, 5.74) is 0. The quantitative estimate of drug-likeness (QED) is 0.472. The molecule has 0 aromatic carbocycles. The van der Waals surface area contributed by atoms with Gasteiger partial charge in [-0.1, -0.05) is 27.2 Å². The van der Waals surface area contributed by atoms with Crippen LogP contribution in [-0.4, -0.2) is 18.1 Å². The molecule has 0 saturated carbocycles. The van der Waals surface area contributed by atoms with Crippen LogP contribution in [0.25, 0.3) is 0 Å². The molecular formula is C10H24N2. The Morgan fingerprint density at radius 3 is 2.25 bits per heavy atom. The number of nitrogens with zero attached hydrogens (tertiary/aromatic N) is 1. The molecule has 0 radical (unpaired) electrons. The third kappa shape index (κ3) is 8.02. The van der Waals surface area contributed by atoms with Gasteiger partial charge in [-0.05, 0) is 25.2 Å². The fraction of sp³-hybridized carbons (Fsp3) is 1.00. The van der Waals surface area contributed by atoms with Crippen LogP contribution >= 0.6 is 0 Å². The second-order valence-electron chi connectivity index (χ2n) is 3.93. The molecule has 2 heteroatoms. The highest BCUT2D eigenvalue weighted by Gasteiger charge is 1.98. The van der Waals surface area contributed by atoms with E-state index in [2.05, 4.69) is 20.8 Å². The second-order valence-corrected chi connectivity index (χ2v) is 3.93. The highest BCUT2D eigenvalue weighted by molar-refractivity contribution is 4.51. The molecule has 0 saturated heterocycles. The maximum atomic E-state index is 5.78. The summed E-state index contributed by atoms with van der Waals surface area (Å²) >= 11 is 0. The Bertz CT molecular complexity index is 91.8. The first-order chi connectivity index (χ1) is 5.66. The molecule has 0 spiro atoms. The minimum Gasteiger partial charge on any atom is -0.269 e. The summed E-state index contributed by atoms with van der Waals surface area (Å²) in [7, 11) is 0. The summed E-state index contributed by atoms with van der Waals surface area (Å²) in [5.74, 6) is 6.59. The van der Waals surface area contributed by atoms with Gasteiger partial charge < -0.3 is 0 Å². The first kappa shape index (κ1) is 11.9. The summed E-state index contributed by atoms with van der Waals surface area (Å²) in [6, 6.07) is 0. The number of nitrogens with two attached hydrogens (primary N) is 1. The Labute approximate surface area is 77.1 Å². The van der Waals surface area contributed by atoms with E-state index in [0.717, 1.165) is 19.0 Å². The largest absolute Gasteiger partial charge is 0.269 e. The number of unbranched alkanes of at least 4 members (excludes halogenated alkanes) is 1. The summed E-state index contributed by atoms with van der Waals surface area (Å²) in [4.78, 5) is 0. The molecule has 0 heterocycles. The van der Waals surface area contributed by atoms with E-state index in [4.69, 9.17) is 5.84 Å². The Kier molecular flexibility index (Phi) is 7.51. The lowest BCUT2D eigenvalue weighted by Crippen LogP contribution is -2.32. The van der Waals surface area contributed by atoms with Crippen molar-refractivity contribution in [3.8, 4) is 0 Å². The highest BCUT2D eigenvalue weighted by Crippen LogP contribution is 2.03. The molecule has 0 unspecified atom stereocenters. The Balaban J connectivity index is 3.13. The summed E-state index contributed by atoms with van der Waals surface area (Å²) in [6.45, 7) is 8.81. The highest BCUT2D eigenvalue weighted by atomic mass is 15.4. The maximum absolute atomic E-state index is 5.78. The summed E-state index contributed by atoms with van der Waals surface area (Å²) in [6.07, 6.45) is 4.98. The minimum atomic E-state index is 0.810. The monoisotopic (exact) mass is 172 g/mol. The first-order valence-electron chi connectivity index (χ1n) is 5.16. The van der Waals surface area contributed by atoms with Crippen molar-refractivity contribution in [3.63, 3.8) is 0 Å². The van der Waals surface area contributed by atoms with E-state index in [9.17, 15) is 0 Å². The summed E-state index contributed by atoms with van der Waals surface area (Å²) < 4.78 is 0. The molecule has 0 rings (SSSR count). The molecule has 74 valence electrons. The van der Waals surface area contributed by atoms with Gasteiger partial charge in [0.05, 0.1) is 0 Å². The van der Waals surface area contributed by atoms with E-state index >= 15 is 0 Å². The first-order valence-corrected chi connectivity index (χ1v) is 5.16. The molecule has 0 bridgehead atoms. The van der Waals surface area contributed by atoms with Gasteiger partial charge in [-0.25, -0.2) is 5.01 Å². The molecule has 12 heavy (non-hydrogen) atoms. The van der Waals surface area contributed by atoms with Crippen LogP contribution in [0.15, 0.2) is 0 Å². The topological polar surface area (TPSA) is 29.3 Å². The predicted octanol–water partition coefficient (Wildman–Crippen LogP) is 2.40. The molecule has 0 aromatic heterocycles. The van der Waals surface area contributed by atoms with Gasteiger partial charge in [0, 0.05) is 13.1 Å². The van der Waals surface area contributed by atoms with Gasteiger partial charge >= 0.3 is 0 Å². The Morgan fingerprint density at radius 1 is 1.17 bits per heavy atom. The van der Waals surface area contributed by atoms with Gasteiger partial charge in [-0.2, -0.15) is 0 Å². The van der Waals surface area contributed by atoms with Crippen LogP contribution in [0.2, 0.25) is 0 Å². The Hall–Kier alpha value is -0.0800. The van der Waals surface area contributed by atoms with Crippen LogP contribution in [0.3, 0.4) is 0 Å². The van der Waals surface area contributed by atoms with E-state index in [1.54, 1.807) is 0 Å². The lowest BCUT2D eigenvalue weighted by atomic mass is 10.1. The molecular weight excluding hydrogens is 148 g/mol. The number of hydrogen-bond donors (Lipinski definition) is 1. The zero-order valence-electron chi connectivity index (χ0n) is 8.84. The molecule has 0 aliphatic heterocycles. The number of hydrogen-bond acceptors (Lipinski definition) is 2. The molecule has 0 fully saturated rings. The van der Waals surface area contributed by atoms with E-state index < -0.39 is 0 Å². The van der Waals surface area contributed by atoms with Crippen LogP contribution in [0.5, 0.6) is 0 Å². The van der Waals surface area contributed by atoms with E-state index in [1.165, 1.54) is 25.7 Å². The lowest BCUT2D eigenvalue weighted by Gasteiger charge is -2.15. The van der Waals surface area contributed by atoms with Gasteiger partial charge in [-0.15, -0.1) is 0 Å². The van der Waals surface area contributed by atoms with Crippen molar-refractivity contribution in [2.24, 2.45) is 11.8 Å². The minimum absolute atomic E-state index is 0.810. The van der Waals surface area contributed by atoms with Gasteiger partial charge in [0.15, 0.2) is 0 Å². The van der Waals surface area contributed by atoms with Gasteiger partial charge in [0.1, 0.15) is 0 Å². The molecule has 0 atom stereocenters. The molecule has 2 nitrogen and oxygen atoms in total. The van der Waals surface area contributed by atoms with Crippen molar-refractivity contribution in [2.75, 3.05) is 13.1 Å². The SMILES string of the molecule is CCCCN(N)CCCC(C)C. The average Bonchev–Trinajstić information content (AvgIpc) is 2.00. The van der Waals surface area contributed by atoms with E-state index in [0.29, 0.717) is 0 Å². The van der Waals surface area contributed by atoms with Gasteiger partial charge in [-0.3, -0.25) is 5.84 Å². The maximum Gasteiger partial charge on any atom is 0.0128 e. The van der Waals surface area contributed by atoms with Crippen LogP contribution in [0.1, 0.15) is 46.5 Å². The smallest absolute Gasteiger partial charge is 0.0128 e. The zero-order chi connectivity index (χ0) is 9.40. The molecule has 0 aromatic rings. The van der Waals surface area contributed by atoms with Crippen LogP contribution < -0.4 is 5.84 Å². The second kappa shape index (κ2) is 7.56. The molecule has 0 aliphatic carbocycles. The lowest BCUT2D eigenvalue weighted by molar-refractivity contribution is 0.267. The fourth-order valence-corrected chi connectivity index (χ4v) is 1.18. The standard InChI is InChI=1S/C10H24N2/c1-4-5-8-12(11)9-6-7-10(2)3/h10H,4-9,11H2,1-3H3. The van der Waals surface area contributed by atoms with Crippen molar-refractivity contribution in [3.05, 3.63) is 0 Å². The normalized spacial score (nSPS) is 11.5. The third-order valence-electron chi connectivity index (χ3n) is 2.03. The fourth-order valence-electron chi connectivity index (χ4n) is 1.18. The van der Waals surface area contributed by atoms with Crippen LogP contribution in [0, 0.1) is 5.92 Å². The Morgan fingerprint density at radius 2 is 1.75 bits per heavy atom. The van der Waals surface area contributed by atoms with E-state index in [1.807, 2.05) is 5.01 Å². The third-order valence-corrected chi connectivity index (χ3v) is 2.03. The average molecular weight is 172 g/mol. The van der Waals surface area contributed by atoms with Crippen molar-refractivity contribution >= 4 is 0 Å². The molecule has 0 aliphatic rings. The van der Waals surface area contributed by atoms with Crippen LogP contribution in [-0.2, 0) is 0 Å². The van der Waals surface area contributed by atoms with Crippen LogP contribution in [0.4, 0.5) is 0 Å². The van der Waals surface area contributed by atoms with E-state index in [-0.39, 0.29) is 0 Å². The van der Waals surface area contributed by atoms with Gasteiger partial charge in [0.2, 0.25) is 0 Å². The number of rotatable bonds is 7.